The molecule has 0 aliphatic rings. The summed E-state index contributed by atoms with van der Waals surface area (Å²) in [5.41, 5.74) is 0.651. The molecule has 0 aliphatic carbocycles. The van der Waals surface area contributed by atoms with Crippen LogP contribution < -0.4 is 20.1 Å². The van der Waals surface area contributed by atoms with Gasteiger partial charge in [-0.1, -0.05) is 30.0 Å². The van der Waals surface area contributed by atoms with Crippen LogP contribution >= 0.6 is 23.1 Å². The van der Waals surface area contributed by atoms with Crippen molar-refractivity contribution >= 4 is 39.8 Å². The van der Waals surface area contributed by atoms with Crippen molar-refractivity contribution in [2.24, 2.45) is 0 Å². The minimum absolute atomic E-state index is 0.115. The van der Waals surface area contributed by atoms with Crippen LogP contribution in [-0.2, 0) is 4.79 Å². The first-order valence-electron chi connectivity index (χ1n) is 7.84. The van der Waals surface area contributed by atoms with Crippen molar-refractivity contribution in [3.63, 3.8) is 0 Å². The van der Waals surface area contributed by atoms with Gasteiger partial charge in [0.2, 0.25) is 11.0 Å². The number of rotatable bonds is 9. The number of thioether (sulfide) groups is 1. The highest BCUT2D eigenvalue weighted by molar-refractivity contribution is 8.02. The second kappa shape index (κ2) is 9.47. The van der Waals surface area contributed by atoms with Crippen molar-refractivity contribution in [1.82, 2.24) is 10.2 Å². The normalized spacial score (nSPS) is 11.7. The summed E-state index contributed by atoms with van der Waals surface area (Å²) in [4.78, 5) is 12.4. The maximum atomic E-state index is 12.4. The molecule has 2 aromatic rings. The van der Waals surface area contributed by atoms with Crippen LogP contribution in [0.3, 0.4) is 0 Å². The molecule has 1 aromatic heterocycles. The number of nitrogens with zero attached hydrogens (tertiary/aromatic N) is 2. The minimum atomic E-state index is -0.305. The fourth-order valence-electron chi connectivity index (χ4n) is 1.92. The van der Waals surface area contributed by atoms with E-state index in [0.29, 0.717) is 17.2 Å². The smallest absolute Gasteiger partial charge is 0.237 e. The molecular formula is C16H22N4O3S2. The van der Waals surface area contributed by atoms with Gasteiger partial charge in [-0.3, -0.25) is 4.79 Å². The molecule has 1 atom stereocenters. The highest BCUT2D eigenvalue weighted by Crippen LogP contribution is 2.32. The van der Waals surface area contributed by atoms with Crippen molar-refractivity contribution in [1.29, 1.82) is 0 Å². The van der Waals surface area contributed by atoms with Gasteiger partial charge >= 0.3 is 0 Å². The van der Waals surface area contributed by atoms with E-state index in [-0.39, 0.29) is 11.2 Å². The molecule has 0 fully saturated rings. The maximum Gasteiger partial charge on any atom is 0.237 e. The zero-order valence-electron chi connectivity index (χ0n) is 14.7. The summed E-state index contributed by atoms with van der Waals surface area (Å²) in [5, 5.41) is 14.7. The number of aromatic nitrogens is 2. The molecule has 0 radical (unpaired) electrons. The molecule has 0 unspecified atom stereocenters. The summed E-state index contributed by atoms with van der Waals surface area (Å²) in [6.45, 7) is 4.78. The summed E-state index contributed by atoms with van der Waals surface area (Å²) >= 11 is 2.83. The van der Waals surface area contributed by atoms with Gasteiger partial charge in [0.05, 0.1) is 19.5 Å². The first kappa shape index (κ1) is 19.3. The molecule has 1 heterocycles. The Kier molecular flexibility index (Phi) is 7.32. The second-order valence-corrected chi connectivity index (χ2v) is 7.68. The lowest BCUT2D eigenvalue weighted by molar-refractivity contribution is -0.115. The number of ether oxygens (including phenoxy) is 2. The number of anilines is 2. The lowest BCUT2D eigenvalue weighted by Gasteiger charge is -2.13. The number of methoxy groups -OCH3 is 2. The maximum absolute atomic E-state index is 12.4. The molecule has 136 valence electrons. The number of benzene rings is 1. The van der Waals surface area contributed by atoms with Crippen LogP contribution in [0.25, 0.3) is 0 Å². The monoisotopic (exact) mass is 382 g/mol. The third-order valence-corrected chi connectivity index (χ3v) is 5.30. The van der Waals surface area contributed by atoms with E-state index in [1.165, 1.54) is 23.1 Å². The van der Waals surface area contributed by atoms with Crippen LogP contribution in [0, 0.1) is 0 Å². The Bertz CT molecular complexity index is 708. The van der Waals surface area contributed by atoms with Gasteiger partial charge in [-0.25, -0.2) is 0 Å². The van der Waals surface area contributed by atoms with E-state index in [1.54, 1.807) is 32.4 Å². The molecule has 1 amide bonds. The van der Waals surface area contributed by atoms with Crippen LogP contribution in [0.15, 0.2) is 22.5 Å². The lowest BCUT2D eigenvalue weighted by atomic mass is 10.2. The van der Waals surface area contributed by atoms with E-state index < -0.39 is 0 Å². The SMILES string of the molecule is CCCNc1nnc(S[C@H](C)C(=O)Nc2ccc(OC)c(OC)c2)s1. The Morgan fingerprint density at radius 1 is 1.28 bits per heavy atom. The Balaban J connectivity index is 1.94. The van der Waals surface area contributed by atoms with Crippen molar-refractivity contribution in [3.8, 4) is 11.5 Å². The Morgan fingerprint density at radius 3 is 2.72 bits per heavy atom. The van der Waals surface area contributed by atoms with Gasteiger partial charge in [0.1, 0.15) is 0 Å². The summed E-state index contributed by atoms with van der Waals surface area (Å²) in [7, 11) is 3.13. The highest BCUT2D eigenvalue weighted by atomic mass is 32.2. The Morgan fingerprint density at radius 2 is 2.04 bits per heavy atom. The molecule has 0 bridgehead atoms. The largest absolute Gasteiger partial charge is 0.493 e. The average molecular weight is 383 g/mol. The molecule has 0 saturated heterocycles. The standard InChI is InChI=1S/C16H22N4O3S2/c1-5-8-17-15-19-20-16(25-15)24-10(2)14(21)18-11-6-7-12(22-3)13(9-11)23-4/h6-7,9-10H,5,8H2,1-4H3,(H,17,19)(H,18,21)/t10-/m1/s1. The second-order valence-electron chi connectivity index (χ2n) is 5.12. The van der Waals surface area contributed by atoms with Gasteiger partial charge in [0.25, 0.3) is 0 Å². The predicted octanol–water partition coefficient (Wildman–Crippen LogP) is 3.50. The molecule has 1 aromatic carbocycles. The Hall–Kier alpha value is -2.00. The zero-order chi connectivity index (χ0) is 18.2. The molecule has 25 heavy (non-hydrogen) atoms. The quantitative estimate of drug-likeness (QED) is 0.642. The van der Waals surface area contributed by atoms with E-state index in [9.17, 15) is 4.79 Å². The van der Waals surface area contributed by atoms with Crippen molar-refractivity contribution < 1.29 is 14.3 Å². The third kappa shape index (κ3) is 5.50. The van der Waals surface area contributed by atoms with Crippen molar-refractivity contribution in [2.75, 3.05) is 31.4 Å². The zero-order valence-corrected chi connectivity index (χ0v) is 16.3. The molecule has 9 heteroatoms. The van der Waals surface area contributed by atoms with Gasteiger partial charge in [0, 0.05) is 18.3 Å². The molecular weight excluding hydrogens is 360 g/mol. The molecule has 0 saturated carbocycles. The van der Waals surface area contributed by atoms with E-state index in [4.69, 9.17) is 9.47 Å². The molecule has 2 rings (SSSR count). The van der Waals surface area contributed by atoms with Gasteiger partial charge in [-0.2, -0.15) is 0 Å². The van der Waals surface area contributed by atoms with E-state index >= 15 is 0 Å². The number of carbonyl (C=O) groups is 1. The van der Waals surface area contributed by atoms with E-state index in [0.717, 1.165) is 22.4 Å². The van der Waals surface area contributed by atoms with Crippen molar-refractivity contribution in [2.45, 2.75) is 29.9 Å². The molecule has 0 aliphatic heterocycles. The fraction of sp³-hybridized carbons (Fsp3) is 0.438. The van der Waals surface area contributed by atoms with Crippen molar-refractivity contribution in [3.05, 3.63) is 18.2 Å². The first-order chi connectivity index (χ1) is 12.1. The highest BCUT2D eigenvalue weighted by Gasteiger charge is 2.18. The summed E-state index contributed by atoms with van der Waals surface area (Å²) < 4.78 is 11.2. The third-order valence-electron chi connectivity index (χ3n) is 3.23. The van der Waals surface area contributed by atoms with Crippen LogP contribution in [0.4, 0.5) is 10.8 Å². The summed E-state index contributed by atoms with van der Waals surface area (Å²) in [6, 6.07) is 5.25. The number of hydrogen-bond acceptors (Lipinski definition) is 8. The number of carbonyl (C=O) groups excluding carboxylic acids is 1. The molecule has 0 spiro atoms. The summed E-state index contributed by atoms with van der Waals surface area (Å²) in [6.07, 6.45) is 1.02. The van der Waals surface area contributed by atoms with E-state index in [2.05, 4.69) is 27.8 Å². The fourth-order valence-corrected chi connectivity index (χ4v) is 3.84. The van der Waals surface area contributed by atoms with Gasteiger partial charge < -0.3 is 20.1 Å². The lowest BCUT2D eigenvalue weighted by Crippen LogP contribution is -2.22. The summed E-state index contributed by atoms with van der Waals surface area (Å²) in [5.74, 6) is 1.07. The van der Waals surface area contributed by atoms with Crippen LogP contribution in [-0.4, -0.2) is 42.1 Å². The number of hydrogen-bond donors (Lipinski definition) is 2. The first-order valence-corrected chi connectivity index (χ1v) is 9.54. The topological polar surface area (TPSA) is 85.4 Å². The molecule has 7 nitrogen and oxygen atoms in total. The molecule has 2 N–H and O–H groups in total. The van der Waals surface area contributed by atoms with Gasteiger partial charge in [-0.05, 0) is 25.5 Å². The van der Waals surface area contributed by atoms with E-state index in [1.807, 2.05) is 6.92 Å². The average Bonchev–Trinajstić information content (AvgIpc) is 3.06. The number of nitrogens with one attached hydrogen (secondary N) is 2. The van der Waals surface area contributed by atoms with Crippen LogP contribution in [0.1, 0.15) is 20.3 Å². The minimum Gasteiger partial charge on any atom is -0.493 e. The van der Waals surface area contributed by atoms with Gasteiger partial charge in [-0.15, -0.1) is 10.2 Å². The number of amides is 1. The van der Waals surface area contributed by atoms with Crippen LogP contribution in [0.2, 0.25) is 0 Å². The van der Waals surface area contributed by atoms with Gasteiger partial charge in [0.15, 0.2) is 15.8 Å². The predicted molar refractivity (Wildman–Crippen MR) is 102 cm³/mol. The van der Waals surface area contributed by atoms with Crippen LogP contribution in [0.5, 0.6) is 11.5 Å². The Labute approximate surface area is 155 Å².